The van der Waals surface area contributed by atoms with Gasteiger partial charge in [0.25, 0.3) is 5.91 Å². The summed E-state index contributed by atoms with van der Waals surface area (Å²) in [7, 11) is 0. The molecule has 1 aliphatic heterocycles. The van der Waals surface area contributed by atoms with Crippen molar-refractivity contribution in [2.45, 2.75) is 25.9 Å². The zero-order valence-corrected chi connectivity index (χ0v) is 15.8. The zero-order chi connectivity index (χ0) is 20.0. The summed E-state index contributed by atoms with van der Waals surface area (Å²) in [6, 6.07) is 14.5. The minimum Gasteiger partial charge on any atom is -0.361 e. The van der Waals surface area contributed by atoms with Crippen LogP contribution in [0, 0.1) is 6.92 Å². The second-order valence-corrected chi connectivity index (χ2v) is 7.23. The third-order valence-corrected chi connectivity index (χ3v) is 5.36. The normalized spacial score (nSPS) is 16.7. The van der Waals surface area contributed by atoms with Gasteiger partial charge in [-0.3, -0.25) is 9.69 Å². The fourth-order valence-electron chi connectivity index (χ4n) is 3.81. The molecule has 3 amide bonds. The highest BCUT2D eigenvalue weighted by molar-refractivity contribution is 6.04. The minimum atomic E-state index is -0.588. The molecule has 0 saturated carbocycles. The standard InChI is InChI=1S/C22H19N5O2/c1-13-20(25-18-9-5-4-8-17(18)24-13)12-27-21(28)19(26-22(27)29)10-14-11-23-16-7-3-2-6-15(14)16/h2-9,11,19,23H,10,12H2,1H3,(H,26,29). The number of imide groups is 1. The first-order valence-electron chi connectivity index (χ1n) is 9.49. The molecule has 1 unspecified atom stereocenters. The first kappa shape index (κ1) is 17.4. The number of benzene rings is 2. The molecule has 0 spiro atoms. The predicted octanol–water partition coefficient (Wildman–Crippen LogP) is 3.08. The molecule has 4 aromatic rings. The highest BCUT2D eigenvalue weighted by atomic mass is 16.2. The second-order valence-electron chi connectivity index (χ2n) is 7.23. The number of para-hydroxylation sites is 3. The van der Waals surface area contributed by atoms with Gasteiger partial charge < -0.3 is 10.3 Å². The second kappa shape index (κ2) is 6.70. The Labute approximate surface area is 166 Å². The van der Waals surface area contributed by atoms with Crippen LogP contribution in [0.15, 0.2) is 54.7 Å². The summed E-state index contributed by atoms with van der Waals surface area (Å²) < 4.78 is 0. The smallest absolute Gasteiger partial charge is 0.325 e. The molecule has 1 saturated heterocycles. The van der Waals surface area contributed by atoms with Gasteiger partial charge in [0.1, 0.15) is 6.04 Å². The molecule has 5 rings (SSSR count). The summed E-state index contributed by atoms with van der Waals surface area (Å²) in [5, 5.41) is 3.87. The first-order valence-corrected chi connectivity index (χ1v) is 9.49. The van der Waals surface area contributed by atoms with Crippen molar-refractivity contribution in [1.82, 2.24) is 25.2 Å². The molecule has 1 atom stereocenters. The number of aromatic nitrogens is 3. The largest absolute Gasteiger partial charge is 0.361 e. The maximum Gasteiger partial charge on any atom is 0.325 e. The average molecular weight is 385 g/mol. The lowest BCUT2D eigenvalue weighted by Gasteiger charge is -2.14. The van der Waals surface area contributed by atoms with Crippen LogP contribution in [-0.4, -0.2) is 37.8 Å². The number of nitrogens with one attached hydrogen (secondary N) is 2. The monoisotopic (exact) mass is 385 g/mol. The van der Waals surface area contributed by atoms with Gasteiger partial charge in [-0.15, -0.1) is 0 Å². The van der Waals surface area contributed by atoms with E-state index in [1.54, 1.807) is 0 Å². The van der Waals surface area contributed by atoms with Crippen molar-refractivity contribution < 1.29 is 9.59 Å². The van der Waals surface area contributed by atoms with Crippen LogP contribution in [0.25, 0.3) is 21.9 Å². The van der Waals surface area contributed by atoms with E-state index in [-0.39, 0.29) is 12.5 Å². The quantitative estimate of drug-likeness (QED) is 0.528. The zero-order valence-electron chi connectivity index (χ0n) is 15.8. The number of H-pyrrole nitrogens is 1. The van der Waals surface area contributed by atoms with E-state index in [2.05, 4.69) is 20.3 Å². The minimum absolute atomic E-state index is 0.110. The van der Waals surface area contributed by atoms with Crippen molar-refractivity contribution in [1.29, 1.82) is 0 Å². The Morgan fingerprint density at radius 1 is 1.00 bits per heavy atom. The number of nitrogens with zero attached hydrogens (tertiary/aromatic N) is 3. The van der Waals surface area contributed by atoms with Gasteiger partial charge >= 0.3 is 6.03 Å². The Hall–Kier alpha value is -3.74. The summed E-state index contributed by atoms with van der Waals surface area (Å²) in [5.74, 6) is -0.241. The topological polar surface area (TPSA) is 91.0 Å². The van der Waals surface area contributed by atoms with Gasteiger partial charge in [-0.05, 0) is 30.7 Å². The van der Waals surface area contributed by atoms with Gasteiger partial charge in [-0.25, -0.2) is 14.8 Å². The van der Waals surface area contributed by atoms with Crippen LogP contribution in [0.4, 0.5) is 4.79 Å². The molecule has 29 heavy (non-hydrogen) atoms. The number of urea groups is 1. The van der Waals surface area contributed by atoms with Crippen LogP contribution < -0.4 is 5.32 Å². The molecule has 2 N–H and O–H groups in total. The molecule has 1 aliphatic rings. The summed E-state index contributed by atoms with van der Waals surface area (Å²) in [6.45, 7) is 1.95. The number of aromatic amines is 1. The van der Waals surface area contributed by atoms with E-state index >= 15 is 0 Å². The van der Waals surface area contributed by atoms with Crippen LogP contribution in [0.3, 0.4) is 0 Å². The van der Waals surface area contributed by atoms with Crippen molar-refractivity contribution in [3.63, 3.8) is 0 Å². The number of amides is 3. The Balaban J connectivity index is 1.39. The van der Waals surface area contributed by atoms with Crippen LogP contribution in [0.2, 0.25) is 0 Å². The molecule has 3 heterocycles. The molecule has 2 aromatic carbocycles. The highest BCUT2D eigenvalue weighted by Crippen LogP contribution is 2.22. The summed E-state index contributed by atoms with van der Waals surface area (Å²) in [4.78, 5) is 39.0. The molecule has 7 heteroatoms. The van der Waals surface area contributed by atoms with E-state index in [1.807, 2.05) is 61.7 Å². The molecule has 0 bridgehead atoms. The average Bonchev–Trinajstić information content (AvgIpc) is 3.25. The number of aryl methyl sites for hydroxylation is 1. The maximum absolute atomic E-state index is 12.9. The summed E-state index contributed by atoms with van der Waals surface area (Å²) in [6.07, 6.45) is 2.33. The number of hydrogen-bond donors (Lipinski definition) is 2. The fourth-order valence-corrected chi connectivity index (χ4v) is 3.81. The van der Waals surface area contributed by atoms with Gasteiger partial charge in [-0.2, -0.15) is 0 Å². The maximum atomic E-state index is 12.9. The van der Waals surface area contributed by atoms with Gasteiger partial charge in [-0.1, -0.05) is 30.3 Å². The molecule has 144 valence electrons. The lowest BCUT2D eigenvalue weighted by molar-refractivity contribution is -0.127. The summed E-state index contributed by atoms with van der Waals surface area (Å²) >= 11 is 0. The van der Waals surface area contributed by atoms with Crippen molar-refractivity contribution in [2.24, 2.45) is 0 Å². The molecule has 0 radical (unpaired) electrons. The van der Waals surface area contributed by atoms with Crippen LogP contribution in [0.1, 0.15) is 17.0 Å². The Morgan fingerprint density at radius 3 is 2.55 bits per heavy atom. The SMILES string of the molecule is Cc1nc2ccccc2nc1CN1C(=O)NC(Cc2c[nH]c3ccccc23)C1=O. The number of rotatable bonds is 4. The third-order valence-electron chi connectivity index (χ3n) is 5.36. The Morgan fingerprint density at radius 2 is 1.72 bits per heavy atom. The van der Waals surface area contributed by atoms with Crippen LogP contribution in [0.5, 0.6) is 0 Å². The lowest BCUT2D eigenvalue weighted by atomic mass is 10.1. The van der Waals surface area contributed by atoms with E-state index in [1.165, 1.54) is 4.90 Å². The van der Waals surface area contributed by atoms with Crippen molar-refractivity contribution >= 4 is 33.9 Å². The summed E-state index contributed by atoms with van der Waals surface area (Å²) in [5.41, 5.74) is 4.89. The van der Waals surface area contributed by atoms with Gasteiger partial charge in [0.2, 0.25) is 0 Å². The molecule has 2 aromatic heterocycles. The molecular formula is C22H19N5O2. The van der Waals surface area contributed by atoms with Gasteiger partial charge in [0.05, 0.1) is 29.0 Å². The van der Waals surface area contributed by atoms with Crippen molar-refractivity contribution in [3.8, 4) is 0 Å². The van der Waals surface area contributed by atoms with Crippen LogP contribution in [-0.2, 0) is 17.8 Å². The Bertz CT molecular complexity index is 1260. The van der Waals surface area contributed by atoms with Crippen molar-refractivity contribution in [3.05, 3.63) is 71.7 Å². The van der Waals surface area contributed by atoms with E-state index in [0.717, 1.165) is 27.5 Å². The lowest BCUT2D eigenvalue weighted by Crippen LogP contribution is -2.32. The van der Waals surface area contributed by atoms with E-state index in [9.17, 15) is 9.59 Å². The number of fused-ring (bicyclic) bond motifs is 2. The molecule has 7 nitrogen and oxygen atoms in total. The number of carbonyl (C=O) groups excluding carboxylic acids is 2. The van der Waals surface area contributed by atoms with Gasteiger partial charge in [0, 0.05) is 23.5 Å². The molecule has 1 fully saturated rings. The predicted molar refractivity (Wildman–Crippen MR) is 109 cm³/mol. The third kappa shape index (κ3) is 3.00. The van der Waals surface area contributed by atoms with E-state index < -0.39 is 12.1 Å². The molecular weight excluding hydrogens is 366 g/mol. The Kier molecular flexibility index (Phi) is 4.01. The number of carbonyl (C=O) groups is 2. The first-order chi connectivity index (χ1) is 14.1. The fraction of sp³-hybridized carbons (Fsp3) is 0.182. The molecule has 0 aliphatic carbocycles. The van der Waals surface area contributed by atoms with E-state index in [0.29, 0.717) is 17.8 Å². The van der Waals surface area contributed by atoms with Crippen LogP contribution >= 0.6 is 0 Å². The highest BCUT2D eigenvalue weighted by Gasteiger charge is 2.38. The van der Waals surface area contributed by atoms with Crippen molar-refractivity contribution in [2.75, 3.05) is 0 Å². The van der Waals surface area contributed by atoms with E-state index in [4.69, 9.17) is 0 Å². The van der Waals surface area contributed by atoms with Gasteiger partial charge in [0.15, 0.2) is 0 Å². The number of hydrogen-bond acceptors (Lipinski definition) is 4.